The Morgan fingerprint density at radius 2 is 1.67 bits per heavy atom. The summed E-state index contributed by atoms with van der Waals surface area (Å²) >= 11 is 0. The lowest BCUT2D eigenvalue weighted by atomic mass is 10.1. The Kier molecular flexibility index (Phi) is 8.33. The lowest BCUT2D eigenvalue weighted by Crippen LogP contribution is -1.98. The highest BCUT2D eigenvalue weighted by Crippen LogP contribution is 2.21. The van der Waals surface area contributed by atoms with E-state index in [0.29, 0.717) is 0 Å². The predicted octanol–water partition coefficient (Wildman–Crippen LogP) is 5.29. The molecule has 2 rings (SSSR count). The molecule has 0 aliphatic rings. The van der Waals surface area contributed by atoms with Crippen molar-refractivity contribution in [1.82, 2.24) is 4.98 Å². The summed E-state index contributed by atoms with van der Waals surface area (Å²) in [5, 5.41) is 0. The van der Waals surface area contributed by atoms with E-state index in [1.54, 1.807) is 0 Å². The molecule has 0 aliphatic carbocycles. The number of pyridine rings is 1. The number of ether oxygens (including phenoxy) is 2. The molecule has 0 saturated carbocycles. The highest BCUT2D eigenvalue weighted by atomic mass is 16.5. The Bertz CT molecular complexity index is 563. The van der Waals surface area contributed by atoms with Gasteiger partial charge in [0.2, 0.25) is 0 Å². The van der Waals surface area contributed by atoms with Gasteiger partial charge in [0.05, 0.1) is 12.3 Å². The summed E-state index contributed by atoms with van der Waals surface area (Å²) in [6.07, 6.45) is 7.36. The lowest BCUT2D eigenvalue weighted by Gasteiger charge is -2.07. The van der Waals surface area contributed by atoms with Gasteiger partial charge in [-0.2, -0.15) is 0 Å². The zero-order chi connectivity index (χ0) is 17.0. The zero-order valence-corrected chi connectivity index (χ0v) is 15.0. The van der Waals surface area contributed by atoms with Crippen LogP contribution in [-0.2, 0) is 11.2 Å². The summed E-state index contributed by atoms with van der Waals surface area (Å²) in [5.41, 5.74) is 3.38. The van der Waals surface area contributed by atoms with E-state index in [0.717, 1.165) is 68.9 Å². The van der Waals surface area contributed by atoms with Gasteiger partial charge in [0.15, 0.2) is 0 Å². The van der Waals surface area contributed by atoms with Crippen LogP contribution in [0.1, 0.15) is 45.1 Å². The van der Waals surface area contributed by atoms with Crippen molar-refractivity contribution >= 4 is 0 Å². The molecule has 0 fully saturated rings. The van der Waals surface area contributed by atoms with Crippen LogP contribution in [0.3, 0.4) is 0 Å². The Balaban J connectivity index is 1.83. The van der Waals surface area contributed by atoms with Crippen LogP contribution in [-0.4, -0.2) is 24.8 Å². The van der Waals surface area contributed by atoms with E-state index in [1.807, 2.05) is 18.3 Å². The molecule has 0 radical (unpaired) electrons. The highest BCUT2D eigenvalue weighted by Gasteiger charge is 2.01. The molecule has 130 valence electrons. The molecule has 0 spiro atoms. The van der Waals surface area contributed by atoms with Gasteiger partial charge in [-0.05, 0) is 61.6 Å². The van der Waals surface area contributed by atoms with E-state index in [2.05, 4.69) is 43.1 Å². The van der Waals surface area contributed by atoms with Crippen molar-refractivity contribution in [2.75, 3.05) is 19.8 Å². The molecule has 24 heavy (non-hydrogen) atoms. The minimum atomic E-state index is 0.783. The van der Waals surface area contributed by atoms with Crippen LogP contribution >= 0.6 is 0 Å². The summed E-state index contributed by atoms with van der Waals surface area (Å²) in [5.74, 6) is 0.927. The van der Waals surface area contributed by atoms with Gasteiger partial charge in [-0.1, -0.05) is 26.3 Å². The van der Waals surface area contributed by atoms with Gasteiger partial charge >= 0.3 is 0 Å². The number of hydrogen-bond acceptors (Lipinski definition) is 3. The van der Waals surface area contributed by atoms with Crippen LogP contribution in [0.5, 0.6) is 5.75 Å². The molecule has 0 saturated heterocycles. The number of nitrogens with zero attached hydrogens (tertiary/aromatic N) is 1. The van der Waals surface area contributed by atoms with Crippen molar-refractivity contribution in [2.24, 2.45) is 0 Å². The zero-order valence-electron chi connectivity index (χ0n) is 15.0. The maximum absolute atomic E-state index is 5.70. The van der Waals surface area contributed by atoms with Crippen molar-refractivity contribution in [1.29, 1.82) is 0 Å². The summed E-state index contributed by atoms with van der Waals surface area (Å²) in [6.45, 7) is 6.77. The molecule has 3 heteroatoms. The summed E-state index contributed by atoms with van der Waals surface area (Å²) in [6, 6.07) is 12.4. The highest BCUT2D eigenvalue weighted by molar-refractivity contribution is 5.60. The third-order valence-corrected chi connectivity index (χ3v) is 3.84. The van der Waals surface area contributed by atoms with Gasteiger partial charge in [-0.25, -0.2) is 0 Å². The molecule has 0 atom stereocenters. The van der Waals surface area contributed by atoms with Gasteiger partial charge in [-0.3, -0.25) is 4.98 Å². The molecule has 0 aliphatic heterocycles. The number of rotatable bonds is 11. The van der Waals surface area contributed by atoms with Crippen molar-refractivity contribution < 1.29 is 9.47 Å². The van der Waals surface area contributed by atoms with Crippen LogP contribution in [0, 0.1) is 0 Å². The van der Waals surface area contributed by atoms with Crippen molar-refractivity contribution in [3.8, 4) is 17.0 Å². The van der Waals surface area contributed by atoms with Crippen LogP contribution < -0.4 is 4.74 Å². The Morgan fingerprint density at radius 3 is 2.33 bits per heavy atom. The minimum Gasteiger partial charge on any atom is -0.494 e. The number of hydrogen-bond donors (Lipinski definition) is 0. The lowest BCUT2D eigenvalue weighted by molar-refractivity contribution is 0.132. The summed E-state index contributed by atoms with van der Waals surface area (Å²) in [7, 11) is 0. The van der Waals surface area contributed by atoms with Crippen LogP contribution in [0.2, 0.25) is 0 Å². The minimum absolute atomic E-state index is 0.783. The molecule has 1 aromatic heterocycles. The van der Waals surface area contributed by atoms with Gasteiger partial charge in [0.1, 0.15) is 5.75 Å². The Morgan fingerprint density at radius 1 is 0.833 bits per heavy atom. The Hall–Kier alpha value is -1.87. The van der Waals surface area contributed by atoms with Gasteiger partial charge in [0.25, 0.3) is 0 Å². The molecule has 0 unspecified atom stereocenters. The monoisotopic (exact) mass is 327 g/mol. The molecule has 3 nitrogen and oxygen atoms in total. The van der Waals surface area contributed by atoms with Gasteiger partial charge in [-0.15, -0.1) is 0 Å². The van der Waals surface area contributed by atoms with E-state index in [4.69, 9.17) is 9.47 Å². The van der Waals surface area contributed by atoms with Crippen LogP contribution in [0.25, 0.3) is 11.3 Å². The maximum atomic E-state index is 5.70. The summed E-state index contributed by atoms with van der Waals surface area (Å²) < 4.78 is 11.2. The number of unbranched alkanes of at least 4 members (excludes halogenated alkanes) is 1. The van der Waals surface area contributed by atoms with Gasteiger partial charge < -0.3 is 9.47 Å². The fraction of sp³-hybridized carbons (Fsp3) is 0.476. The SMILES string of the molecule is CCCCOc1ccc(-c2ccc(CCCOCCC)cn2)cc1. The molecular formula is C21H29NO2. The second-order valence-electron chi connectivity index (χ2n) is 5.99. The number of aromatic nitrogens is 1. The molecular weight excluding hydrogens is 298 g/mol. The largest absolute Gasteiger partial charge is 0.494 e. The topological polar surface area (TPSA) is 31.4 Å². The van der Waals surface area contributed by atoms with E-state index in [-0.39, 0.29) is 0 Å². The first kappa shape index (κ1) is 18.5. The van der Waals surface area contributed by atoms with E-state index in [1.165, 1.54) is 5.56 Å². The number of aryl methyl sites for hydroxylation is 1. The fourth-order valence-electron chi connectivity index (χ4n) is 2.42. The predicted molar refractivity (Wildman–Crippen MR) is 99.5 cm³/mol. The smallest absolute Gasteiger partial charge is 0.119 e. The standard InChI is InChI=1S/C21H29NO2/c1-3-5-16-24-20-11-9-19(10-12-20)21-13-8-18(17-22-21)7-6-15-23-14-4-2/h8-13,17H,3-7,14-16H2,1-2H3. The Labute approximate surface area is 146 Å². The van der Waals surface area contributed by atoms with Crippen LogP contribution in [0.4, 0.5) is 0 Å². The second kappa shape index (κ2) is 10.8. The third-order valence-electron chi connectivity index (χ3n) is 3.84. The molecule has 2 aromatic rings. The first-order chi connectivity index (χ1) is 11.8. The van der Waals surface area contributed by atoms with Crippen molar-refractivity contribution in [2.45, 2.75) is 46.0 Å². The normalized spacial score (nSPS) is 10.8. The fourth-order valence-corrected chi connectivity index (χ4v) is 2.42. The molecule has 0 bridgehead atoms. The van der Waals surface area contributed by atoms with E-state index >= 15 is 0 Å². The van der Waals surface area contributed by atoms with Crippen molar-refractivity contribution in [3.05, 3.63) is 48.2 Å². The molecule has 1 heterocycles. The first-order valence-electron chi connectivity index (χ1n) is 9.09. The third kappa shape index (κ3) is 6.32. The molecule has 0 N–H and O–H groups in total. The average Bonchev–Trinajstić information content (AvgIpc) is 2.63. The van der Waals surface area contributed by atoms with E-state index < -0.39 is 0 Å². The molecule has 0 amide bonds. The second-order valence-corrected chi connectivity index (χ2v) is 5.99. The number of benzene rings is 1. The average molecular weight is 327 g/mol. The van der Waals surface area contributed by atoms with Gasteiger partial charge in [0, 0.05) is 25.0 Å². The van der Waals surface area contributed by atoms with E-state index in [9.17, 15) is 0 Å². The van der Waals surface area contributed by atoms with Crippen molar-refractivity contribution in [3.63, 3.8) is 0 Å². The quantitative estimate of drug-likeness (QED) is 0.526. The maximum Gasteiger partial charge on any atom is 0.119 e. The molecule has 1 aromatic carbocycles. The summed E-state index contributed by atoms with van der Waals surface area (Å²) in [4.78, 5) is 4.59. The van der Waals surface area contributed by atoms with Crippen LogP contribution in [0.15, 0.2) is 42.6 Å². The first-order valence-corrected chi connectivity index (χ1v) is 9.09.